The van der Waals surface area contributed by atoms with E-state index in [0.29, 0.717) is 37.4 Å². The van der Waals surface area contributed by atoms with E-state index in [9.17, 15) is 14.9 Å². The van der Waals surface area contributed by atoms with Crippen molar-refractivity contribution in [2.75, 3.05) is 25.1 Å². The summed E-state index contributed by atoms with van der Waals surface area (Å²) in [6, 6.07) is 4.65. The molecule has 18 heavy (non-hydrogen) atoms. The molecule has 2 rings (SSSR count). The van der Waals surface area contributed by atoms with Gasteiger partial charge in [-0.1, -0.05) is 0 Å². The van der Waals surface area contributed by atoms with Gasteiger partial charge in [0.25, 0.3) is 5.69 Å². The van der Waals surface area contributed by atoms with Crippen molar-refractivity contribution in [1.29, 1.82) is 0 Å². The van der Waals surface area contributed by atoms with E-state index in [0.717, 1.165) is 0 Å². The number of hydrogen-bond donors (Lipinski definition) is 0. The number of ketones is 1. The van der Waals surface area contributed by atoms with Gasteiger partial charge in [-0.05, 0) is 6.07 Å². The number of carbonyl (C=O) groups excluding carboxylic acids is 1. The standard InChI is InChI=1S/C12H14N2O4/c1-18-10-2-3-11(14(16)17)12(8-10)13-6-4-9(15)5-7-13/h2-3,8H,4-7H2,1H3. The lowest BCUT2D eigenvalue weighted by Crippen LogP contribution is -2.34. The summed E-state index contributed by atoms with van der Waals surface area (Å²) in [5.41, 5.74) is 0.567. The highest BCUT2D eigenvalue weighted by Crippen LogP contribution is 2.33. The van der Waals surface area contributed by atoms with Gasteiger partial charge in [0.05, 0.1) is 12.0 Å². The number of Topliss-reactive ketones (excluding diaryl/α,β-unsaturated/α-hetero) is 1. The number of hydrogen-bond acceptors (Lipinski definition) is 5. The normalized spacial score (nSPS) is 15.6. The van der Waals surface area contributed by atoms with Crippen LogP contribution in [0.3, 0.4) is 0 Å². The van der Waals surface area contributed by atoms with Crippen molar-refractivity contribution in [3.63, 3.8) is 0 Å². The van der Waals surface area contributed by atoms with Crippen molar-refractivity contribution in [2.45, 2.75) is 12.8 Å². The maximum absolute atomic E-state index is 11.2. The molecule has 0 aromatic heterocycles. The minimum atomic E-state index is -0.412. The molecule has 6 heteroatoms. The lowest BCUT2D eigenvalue weighted by atomic mass is 10.1. The Morgan fingerprint density at radius 2 is 2.00 bits per heavy atom. The molecule has 96 valence electrons. The number of anilines is 1. The van der Waals surface area contributed by atoms with Crippen molar-refractivity contribution < 1.29 is 14.5 Å². The first-order chi connectivity index (χ1) is 8.61. The third-order valence-electron chi connectivity index (χ3n) is 3.04. The molecule has 1 aromatic carbocycles. The maximum atomic E-state index is 11.2. The van der Waals surface area contributed by atoms with E-state index in [2.05, 4.69) is 0 Å². The van der Waals surface area contributed by atoms with Crippen LogP contribution in [0.5, 0.6) is 5.75 Å². The Hall–Kier alpha value is -2.11. The zero-order valence-electron chi connectivity index (χ0n) is 10.1. The Kier molecular flexibility index (Phi) is 3.45. The fourth-order valence-electron chi connectivity index (χ4n) is 2.03. The van der Waals surface area contributed by atoms with Gasteiger partial charge in [-0.3, -0.25) is 14.9 Å². The molecule has 1 aromatic rings. The largest absolute Gasteiger partial charge is 0.497 e. The molecule has 1 aliphatic rings. The van der Waals surface area contributed by atoms with Crippen LogP contribution in [0.1, 0.15) is 12.8 Å². The average Bonchev–Trinajstić information content (AvgIpc) is 2.38. The Morgan fingerprint density at radius 3 is 2.56 bits per heavy atom. The van der Waals surface area contributed by atoms with Gasteiger partial charge in [0.1, 0.15) is 17.2 Å². The number of piperidine rings is 1. The summed E-state index contributed by atoms with van der Waals surface area (Å²) in [6.45, 7) is 1.04. The molecule has 0 atom stereocenters. The molecule has 0 radical (unpaired) electrons. The van der Waals surface area contributed by atoms with Crippen LogP contribution >= 0.6 is 0 Å². The lowest BCUT2D eigenvalue weighted by Gasteiger charge is -2.27. The number of rotatable bonds is 3. The van der Waals surface area contributed by atoms with Crippen LogP contribution in [0.2, 0.25) is 0 Å². The number of nitro benzene ring substituents is 1. The molecule has 0 saturated carbocycles. The number of nitrogens with zero attached hydrogens (tertiary/aromatic N) is 2. The summed E-state index contributed by atoms with van der Waals surface area (Å²) in [4.78, 5) is 23.6. The van der Waals surface area contributed by atoms with Gasteiger partial charge in [0.2, 0.25) is 0 Å². The van der Waals surface area contributed by atoms with E-state index in [1.54, 1.807) is 12.1 Å². The first-order valence-electron chi connectivity index (χ1n) is 5.71. The lowest BCUT2D eigenvalue weighted by molar-refractivity contribution is -0.384. The van der Waals surface area contributed by atoms with E-state index in [-0.39, 0.29) is 11.5 Å². The SMILES string of the molecule is COc1ccc([N+](=O)[O-])c(N2CCC(=O)CC2)c1. The molecule has 1 saturated heterocycles. The van der Waals surface area contributed by atoms with E-state index in [4.69, 9.17) is 4.74 Å². The molecule has 0 bridgehead atoms. The highest BCUT2D eigenvalue weighted by molar-refractivity contribution is 5.81. The molecule has 6 nitrogen and oxygen atoms in total. The topological polar surface area (TPSA) is 72.7 Å². The second kappa shape index (κ2) is 5.03. The van der Waals surface area contributed by atoms with E-state index >= 15 is 0 Å². The zero-order valence-corrected chi connectivity index (χ0v) is 10.1. The molecule has 0 spiro atoms. The molecular weight excluding hydrogens is 236 g/mol. The summed E-state index contributed by atoms with van der Waals surface area (Å²) >= 11 is 0. The second-order valence-corrected chi connectivity index (χ2v) is 4.14. The molecule has 0 unspecified atom stereocenters. The molecule has 1 aliphatic heterocycles. The van der Waals surface area contributed by atoms with Gasteiger partial charge in [-0.25, -0.2) is 0 Å². The predicted molar refractivity (Wildman–Crippen MR) is 66.1 cm³/mol. The van der Waals surface area contributed by atoms with Gasteiger partial charge in [0, 0.05) is 38.1 Å². The van der Waals surface area contributed by atoms with Crippen LogP contribution in [0, 0.1) is 10.1 Å². The molecule has 0 N–H and O–H groups in total. The minimum Gasteiger partial charge on any atom is -0.497 e. The summed E-state index contributed by atoms with van der Waals surface area (Å²) in [6.07, 6.45) is 0.878. The van der Waals surface area contributed by atoms with Gasteiger partial charge >= 0.3 is 0 Å². The summed E-state index contributed by atoms with van der Waals surface area (Å²) in [5, 5.41) is 11.0. The highest BCUT2D eigenvalue weighted by atomic mass is 16.6. The summed E-state index contributed by atoms with van der Waals surface area (Å²) < 4.78 is 5.09. The Morgan fingerprint density at radius 1 is 1.33 bits per heavy atom. The van der Waals surface area contributed by atoms with Gasteiger partial charge in [0.15, 0.2) is 0 Å². The van der Waals surface area contributed by atoms with Gasteiger partial charge < -0.3 is 9.64 Å². The van der Waals surface area contributed by atoms with Crippen molar-refractivity contribution in [2.24, 2.45) is 0 Å². The van der Waals surface area contributed by atoms with Crippen molar-refractivity contribution in [1.82, 2.24) is 0 Å². The number of carbonyl (C=O) groups is 1. The zero-order chi connectivity index (χ0) is 13.1. The fourth-order valence-corrected chi connectivity index (χ4v) is 2.03. The molecule has 0 aliphatic carbocycles. The van der Waals surface area contributed by atoms with E-state index in [1.807, 2.05) is 4.90 Å². The monoisotopic (exact) mass is 250 g/mol. The number of ether oxygens (including phenoxy) is 1. The molecule has 1 fully saturated rings. The smallest absolute Gasteiger partial charge is 0.292 e. The number of benzene rings is 1. The molecule has 0 amide bonds. The molecule has 1 heterocycles. The third kappa shape index (κ3) is 2.42. The fraction of sp³-hybridized carbons (Fsp3) is 0.417. The van der Waals surface area contributed by atoms with Crippen LogP contribution in [-0.4, -0.2) is 30.9 Å². The average molecular weight is 250 g/mol. The van der Waals surface area contributed by atoms with Crippen LogP contribution in [0.4, 0.5) is 11.4 Å². The van der Waals surface area contributed by atoms with Gasteiger partial charge in [-0.15, -0.1) is 0 Å². The Labute approximate surface area is 104 Å². The van der Waals surface area contributed by atoms with Crippen molar-refractivity contribution in [3.8, 4) is 5.75 Å². The van der Waals surface area contributed by atoms with Crippen molar-refractivity contribution in [3.05, 3.63) is 28.3 Å². The maximum Gasteiger partial charge on any atom is 0.292 e. The second-order valence-electron chi connectivity index (χ2n) is 4.14. The van der Waals surface area contributed by atoms with Crippen LogP contribution in [0.15, 0.2) is 18.2 Å². The van der Waals surface area contributed by atoms with Crippen molar-refractivity contribution >= 4 is 17.2 Å². The third-order valence-corrected chi connectivity index (χ3v) is 3.04. The number of nitro groups is 1. The number of methoxy groups -OCH3 is 1. The van der Waals surface area contributed by atoms with Gasteiger partial charge in [-0.2, -0.15) is 0 Å². The summed E-state index contributed by atoms with van der Waals surface area (Å²) in [7, 11) is 1.52. The van der Waals surface area contributed by atoms with Crippen LogP contribution in [0.25, 0.3) is 0 Å². The first kappa shape index (κ1) is 12.3. The minimum absolute atomic E-state index is 0.0464. The first-order valence-corrected chi connectivity index (χ1v) is 5.71. The van der Waals surface area contributed by atoms with Crippen LogP contribution in [-0.2, 0) is 4.79 Å². The predicted octanol–water partition coefficient (Wildman–Crippen LogP) is 1.77. The van der Waals surface area contributed by atoms with Crippen LogP contribution < -0.4 is 9.64 Å². The Balaban J connectivity index is 2.34. The summed E-state index contributed by atoms with van der Waals surface area (Å²) in [5.74, 6) is 0.782. The highest BCUT2D eigenvalue weighted by Gasteiger charge is 2.24. The Bertz CT molecular complexity index is 477. The quantitative estimate of drug-likeness (QED) is 0.604. The van der Waals surface area contributed by atoms with E-state index < -0.39 is 4.92 Å². The van der Waals surface area contributed by atoms with E-state index in [1.165, 1.54) is 13.2 Å². The molecular formula is C12H14N2O4.